The van der Waals surface area contributed by atoms with Crippen LogP contribution in [0.1, 0.15) is 31.1 Å². The van der Waals surface area contributed by atoms with Crippen LogP contribution < -0.4 is 15.4 Å². The number of aliphatic imine (C=N–C) groups is 1. The standard InChI is InChI=1S/C20H30N6O3S/c1-21-20(23-10-11-25-30(27,28)17-7-5-9-22-15-17)24-16-18(19-8-6-14-29-19)26-12-3-2-4-13-26/h5-9,14-15,18,25H,2-4,10-13,16H2,1H3,(H2,21,23,24). The van der Waals surface area contributed by atoms with E-state index in [-0.39, 0.29) is 17.5 Å². The first kappa shape index (κ1) is 22.3. The number of nitrogens with one attached hydrogen (secondary N) is 3. The highest BCUT2D eigenvalue weighted by atomic mass is 32.2. The molecule has 1 aliphatic heterocycles. The smallest absolute Gasteiger partial charge is 0.242 e. The molecule has 1 atom stereocenters. The van der Waals surface area contributed by atoms with E-state index in [0.29, 0.717) is 19.0 Å². The molecular weight excluding hydrogens is 404 g/mol. The topological polar surface area (TPSA) is 112 Å². The number of aromatic nitrogens is 1. The van der Waals surface area contributed by atoms with Crippen LogP contribution in [0.5, 0.6) is 0 Å². The zero-order valence-electron chi connectivity index (χ0n) is 17.3. The second kappa shape index (κ2) is 11.1. The molecule has 3 heterocycles. The molecule has 0 spiro atoms. The number of furan rings is 1. The van der Waals surface area contributed by atoms with E-state index in [9.17, 15) is 8.42 Å². The van der Waals surface area contributed by atoms with Crippen molar-refractivity contribution in [1.29, 1.82) is 0 Å². The van der Waals surface area contributed by atoms with Crippen molar-refractivity contribution in [3.8, 4) is 0 Å². The van der Waals surface area contributed by atoms with Gasteiger partial charge in [-0.1, -0.05) is 6.42 Å². The monoisotopic (exact) mass is 434 g/mol. The highest BCUT2D eigenvalue weighted by molar-refractivity contribution is 7.89. The molecule has 2 aromatic rings. The Morgan fingerprint density at radius 3 is 2.70 bits per heavy atom. The van der Waals surface area contributed by atoms with Crippen LogP contribution in [0.25, 0.3) is 0 Å². The molecule has 30 heavy (non-hydrogen) atoms. The van der Waals surface area contributed by atoms with Gasteiger partial charge in [0, 0.05) is 39.1 Å². The Morgan fingerprint density at radius 2 is 2.03 bits per heavy atom. The minimum Gasteiger partial charge on any atom is -0.468 e. The molecule has 1 fully saturated rings. The average molecular weight is 435 g/mol. The summed E-state index contributed by atoms with van der Waals surface area (Å²) in [6.07, 6.45) is 8.23. The van der Waals surface area contributed by atoms with Gasteiger partial charge < -0.3 is 15.1 Å². The number of nitrogens with zero attached hydrogens (tertiary/aromatic N) is 3. The maximum Gasteiger partial charge on any atom is 0.242 e. The Balaban J connectivity index is 1.47. The van der Waals surface area contributed by atoms with Crippen molar-refractivity contribution in [3.05, 3.63) is 48.7 Å². The minimum absolute atomic E-state index is 0.128. The van der Waals surface area contributed by atoms with Crippen LogP contribution >= 0.6 is 0 Å². The first-order valence-electron chi connectivity index (χ1n) is 10.2. The Hall–Kier alpha value is -2.43. The molecule has 3 N–H and O–H groups in total. The number of piperidine rings is 1. The molecule has 2 aromatic heterocycles. The summed E-state index contributed by atoms with van der Waals surface area (Å²) >= 11 is 0. The van der Waals surface area contributed by atoms with Crippen LogP contribution in [0.3, 0.4) is 0 Å². The van der Waals surface area contributed by atoms with E-state index < -0.39 is 10.0 Å². The SMILES string of the molecule is CN=C(NCCNS(=O)(=O)c1cccnc1)NCC(c1ccco1)N1CCCCC1. The lowest BCUT2D eigenvalue weighted by Crippen LogP contribution is -2.45. The second-order valence-corrected chi connectivity index (χ2v) is 8.86. The summed E-state index contributed by atoms with van der Waals surface area (Å²) in [6.45, 7) is 3.37. The van der Waals surface area contributed by atoms with Gasteiger partial charge in [-0.2, -0.15) is 0 Å². The summed E-state index contributed by atoms with van der Waals surface area (Å²) in [5, 5.41) is 6.48. The van der Waals surface area contributed by atoms with E-state index in [4.69, 9.17) is 4.42 Å². The van der Waals surface area contributed by atoms with Crippen molar-refractivity contribution in [2.24, 2.45) is 4.99 Å². The molecular formula is C20H30N6O3S. The normalized spacial score (nSPS) is 16.9. The lowest BCUT2D eigenvalue weighted by atomic mass is 10.1. The summed E-state index contributed by atoms with van der Waals surface area (Å²) in [5.74, 6) is 1.55. The largest absolute Gasteiger partial charge is 0.468 e. The second-order valence-electron chi connectivity index (χ2n) is 7.09. The van der Waals surface area contributed by atoms with Crippen LogP contribution in [0.4, 0.5) is 0 Å². The van der Waals surface area contributed by atoms with E-state index in [2.05, 4.69) is 30.2 Å². The molecule has 1 unspecified atom stereocenters. The Bertz CT molecular complexity index is 881. The summed E-state index contributed by atoms with van der Waals surface area (Å²) in [4.78, 5) is 10.7. The van der Waals surface area contributed by atoms with Gasteiger partial charge in [0.1, 0.15) is 10.7 Å². The minimum atomic E-state index is -3.57. The van der Waals surface area contributed by atoms with Crippen LogP contribution in [-0.4, -0.2) is 64.0 Å². The van der Waals surface area contributed by atoms with E-state index >= 15 is 0 Å². The summed E-state index contributed by atoms with van der Waals surface area (Å²) in [6, 6.07) is 7.15. The fourth-order valence-corrected chi connectivity index (χ4v) is 4.49. The number of pyridine rings is 1. The maximum atomic E-state index is 12.2. The zero-order chi connectivity index (χ0) is 21.2. The summed E-state index contributed by atoms with van der Waals surface area (Å²) in [5.41, 5.74) is 0. The molecule has 9 nitrogen and oxygen atoms in total. The van der Waals surface area contributed by atoms with Crippen molar-refractivity contribution in [2.75, 3.05) is 39.8 Å². The van der Waals surface area contributed by atoms with Gasteiger partial charge in [0.2, 0.25) is 10.0 Å². The van der Waals surface area contributed by atoms with E-state index in [0.717, 1.165) is 18.8 Å². The molecule has 10 heteroatoms. The van der Waals surface area contributed by atoms with Gasteiger partial charge >= 0.3 is 0 Å². The van der Waals surface area contributed by atoms with Gasteiger partial charge in [-0.15, -0.1) is 0 Å². The highest BCUT2D eigenvalue weighted by Crippen LogP contribution is 2.24. The van der Waals surface area contributed by atoms with Crippen LogP contribution in [-0.2, 0) is 10.0 Å². The van der Waals surface area contributed by atoms with E-state index in [1.807, 2.05) is 12.1 Å². The molecule has 0 radical (unpaired) electrons. The number of hydrogen-bond acceptors (Lipinski definition) is 6. The van der Waals surface area contributed by atoms with Gasteiger partial charge in [-0.3, -0.25) is 14.9 Å². The van der Waals surface area contributed by atoms with Crippen LogP contribution in [0, 0.1) is 0 Å². The summed E-state index contributed by atoms with van der Waals surface area (Å²) < 4.78 is 32.7. The third-order valence-electron chi connectivity index (χ3n) is 5.04. The maximum absolute atomic E-state index is 12.2. The number of sulfonamides is 1. The number of hydrogen-bond donors (Lipinski definition) is 3. The van der Waals surface area contributed by atoms with E-state index in [1.54, 1.807) is 19.4 Å². The molecule has 164 valence electrons. The predicted octanol–water partition coefficient (Wildman–Crippen LogP) is 1.35. The van der Waals surface area contributed by atoms with Gasteiger partial charge in [-0.25, -0.2) is 13.1 Å². The lowest BCUT2D eigenvalue weighted by Gasteiger charge is -2.33. The molecule has 3 rings (SSSR count). The molecule has 0 bridgehead atoms. The third kappa shape index (κ3) is 6.28. The van der Waals surface area contributed by atoms with Crippen LogP contribution in [0.2, 0.25) is 0 Å². The first-order valence-corrected chi connectivity index (χ1v) is 11.7. The Kier molecular flexibility index (Phi) is 8.23. The van der Waals surface area contributed by atoms with Gasteiger partial charge in [0.15, 0.2) is 5.96 Å². The molecule has 0 amide bonds. The van der Waals surface area contributed by atoms with Crippen molar-refractivity contribution < 1.29 is 12.8 Å². The number of guanidine groups is 1. The Morgan fingerprint density at radius 1 is 1.20 bits per heavy atom. The molecule has 0 aliphatic carbocycles. The average Bonchev–Trinajstić information content (AvgIpc) is 3.31. The Labute approximate surface area is 178 Å². The van der Waals surface area contributed by atoms with Crippen molar-refractivity contribution in [1.82, 2.24) is 25.2 Å². The van der Waals surface area contributed by atoms with E-state index in [1.165, 1.54) is 37.7 Å². The fraction of sp³-hybridized carbons (Fsp3) is 0.500. The molecule has 1 aliphatic rings. The molecule has 1 saturated heterocycles. The first-order chi connectivity index (χ1) is 14.6. The zero-order valence-corrected chi connectivity index (χ0v) is 18.1. The quantitative estimate of drug-likeness (QED) is 0.310. The predicted molar refractivity (Wildman–Crippen MR) is 116 cm³/mol. The van der Waals surface area contributed by atoms with Gasteiger partial charge in [-0.05, 0) is 50.2 Å². The fourth-order valence-electron chi connectivity index (χ4n) is 3.49. The summed E-state index contributed by atoms with van der Waals surface area (Å²) in [7, 11) is -1.87. The highest BCUT2D eigenvalue weighted by Gasteiger charge is 2.24. The lowest BCUT2D eigenvalue weighted by molar-refractivity contribution is 0.146. The number of likely N-dealkylation sites (tertiary alicyclic amines) is 1. The van der Waals surface area contributed by atoms with Crippen molar-refractivity contribution in [2.45, 2.75) is 30.2 Å². The molecule has 0 aromatic carbocycles. The number of rotatable bonds is 9. The van der Waals surface area contributed by atoms with Gasteiger partial charge in [0.05, 0.1) is 12.3 Å². The van der Waals surface area contributed by atoms with Crippen molar-refractivity contribution in [3.63, 3.8) is 0 Å². The molecule has 0 saturated carbocycles. The third-order valence-corrected chi connectivity index (χ3v) is 6.49. The van der Waals surface area contributed by atoms with Crippen molar-refractivity contribution >= 4 is 16.0 Å². The van der Waals surface area contributed by atoms with Crippen LogP contribution in [0.15, 0.2) is 57.2 Å². The van der Waals surface area contributed by atoms with Gasteiger partial charge in [0.25, 0.3) is 0 Å².